The van der Waals surface area contributed by atoms with Crippen LogP contribution in [0.15, 0.2) is 29.6 Å². The Bertz CT molecular complexity index is 799. The third-order valence-corrected chi connectivity index (χ3v) is 4.57. The van der Waals surface area contributed by atoms with Crippen LogP contribution < -0.4 is 4.31 Å². The lowest BCUT2D eigenvalue weighted by Gasteiger charge is -2.18. The number of benzene rings is 1. The molecule has 0 saturated heterocycles. The van der Waals surface area contributed by atoms with Crippen molar-refractivity contribution in [2.24, 2.45) is 0 Å². The van der Waals surface area contributed by atoms with Crippen LogP contribution in [0.2, 0.25) is 0 Å². The third kappa shape index (κ3) is 4.26. The fourth-order valence-corrected chi connectivity index (χ4v) is 3.66. The highest BCUT2D eigenvalue weighted by molar-refractivity contribution is 7.87. The Morgan fingerprint density at radius 3 is 2.30 bits per heavy atom. The number of aromatic nitrogens is 1. The molecule has 23 heavy (non-hydrogen) atoms. The molecule has 10 heteroatoms. The molecule has 1 heterocycles. The fourth-order valence-electron chi connectivity index (χ4n) is 1.90. The monoisotopic (exact) mass is 357 g/mol. The lowest BCUT2D eigenvalue weighted by atomic mass is 10.2. The Morgan fingerprint density at radius 1 is 1.26 bits per heavy atom. The van der Waals surface area contributed by atoms with E-state index in [0.717, 1.165) is 16.9 Å². The summed E-state index contributed by atoms with van der Waals surface area (Å²) in [6.07, 6.45) is 0. The quantitative estimate of drug-likeness (QED) is 0.759. The first kappa shape index (κ1) is 17.3. The van der Waals surface area contributed by atoms with Crippen LogP contribution in [0.3, 0.4) is 0 Å². The van der Waals surface area contributed by atoms with E-state index in [2.05, 4.69) is 4.98 Å². The number of rotatable bonds is 6. The van der Waals surface area contributed by atoms with Crippen LogP contribution in [-0.2, 0) is 16.8 Å². The van der Waals surface area contributed by atoms with Crippen molar-refractivity contribution in [3.8, 4) is 0 Å². The summed E-state index contributed by atoms with van der Waals surface area (Å²) >= 11 is 0.809. The fraction of sp³-hybridized carbons (Fsp3) is 0.231. The highest BCUT2D eigenvalue weighted by atomic mass is 32.2. The molecule has 0 atom stereocenters. The lowest BCUT2D eigenvalue weighted by molar-refractivity contribution is 0.0691. The molecule has 124 valence electrons. The molecule has 0 amide bonds. The molecule has 2 rings (SSSR count). The maximum atomic E-state index is 11.7. The molecule has 0 aliphatic heterocycles. The van der Waals surface area contributed by atoms with Crippen molar-refractivity contribution < 1.29 is 22.9 Å². The maximum Gasteiger partial charge on any atom is 0.366 e. The van der Waals surface area contributed by atoms with Crippen molar-refractivity contribution in [2.75, 3.05) is 18.4 Å². The first-order chi connectivity index (χ1) is 10.7. The zero-order valence-electron chi connectivity index (χ0n) is 12.4. The van der Waals surface area contributed by atoms with Crippen LogP contribution in [0.1, 0.15) is 16.1 Å². The summed E-state index contributed by atoms with van der Waals surface area (Å²) in [5.41, 5.74) is 0.837. The Morgan fingerprint density at radius 2 is 1.87 bits per heavy atom. The van der Waals surface area contributed by atoms with Gasteiger partial charge in [0.15, 0.2) is 5.69 Å². The predicted molar refractivity (Wildman–Crippen MR) is 86.6 cm³/mol. The number of carboxylic acids is 1. The van der Waals surface area contributed by atoms with E-state index in [-0.39, 0.29) is 16.5 Å². The van der Waals surface area contributed by atoms with Gasteiger partial charge in [0.1, 0.15) is 0 Å². The van der Waals surface area contributed by atoms with Gasteiger partial charge in [0, 0.05) is 11.9 Å². The Kier molecular flexibility index (Phi) is 5.00. The topological polar surface area (TPSA) is 111 Å². The second-order valence-corrected chi connectivity index (χ2v) is 7.06. The molecule has 1 aromatic heterocycles. The van der Waals surface area contributed by atoms with E-state index in [1.54, 1.807) is 12.1 Å². The third-order valence-electron chi connectivity index (χ3n) is 2.79. The van der Waals surface area contributed by atoms with Gasteiger partial charge in [-0.05, 0) is 31.8 Å². The van der Waals surface area contributed by atoms with Crippen LogP contribution in [0.25, 0.3) is 0 Å². The maximum absolute atomic E-state index is 11.7. The van der Waals surface area contributed by atoms with E-state index in [0.29, 0.717) is 10.8 Å². The minimum Gasteiger partial charge on any atom is -0.476 e. The minimum absolute atomic E-state index is 0.148. The van der Waals surface area contributed by atoms with Crippen LogP contribution in [0.5, 0.6) is 0 Å². The standard InChI is InChI=1S/C13H15N3O5S2/c1-15(2)7-9-3-5-10(6-4-9)16(23(19,20)21)13-14-11(8-22-13)12(17)18/h3-6,8H,7H2,1-2H3,(H,17,18)(H,19,20,21). The molecule has 0 bridgehead atoms. The van der Waals surface area contributed by atoms with Crippen molar-refractivity contribution in [3.63, 3.8) is 0 Å². The van der Waals surface area contributed by atoms with Crippen molar-refractivity contribution in [1.82, 2.24) is 9.88 Å². The van der Waals surface area contributed by atoms with Gasteiger partial charge in [0.2, 0.25) is 5.13 Å². The Hall–Kier alpha value is -2.01. The van der Waals surface area contributed by atoms with E-state index in [9.17, 15) is 17.8 Å². The number of carbonyl (C=O) groups is 1. The minimum atomic E-state index is -4.64. The number of hydrogen-bond acceptors (Lipinski definition) is 6. The van der Waals surface area contributed by atoms with Gasteiger partial charge in [-0.15, -0.1) is 11.3 Å². The first-order valence-electron chi connectivity index (χ1n) is 6.38. The van der Waals surface area contributed by atoms with Crippen LogP contribution in [0, 0.1) is 0 Å². The second kappa shape index (κ2) is 6.62. The van der Waals surface area contributed by atoms with Gasteiger partial charge in [-0.1, -0.05) is 12.1 Å². The molecule has 0 fully saturated rings. The lowest BCUT2D eigenvalue weighted by Crippen LogP contribution is -2.25. The van der Waals surface area contributed by atoms with Crippen molar-refractivity contribution in [2.45, 2.75) is 6.54 Å². The Balaban J connectivity index is 2.41. The average molecular weight is 357 g/mol. The van der Waals surface area contributed by atoms with E-state index in [1.165, 1.54) is 17.5 Å². The number of aromatic carboxylic acids is 1. The number of nitrogens with zero attached hydrogens (tertiary/aromatic N) is 3. The van der Waals surface area contributed by atoms with Gasteiger partial charge in [-0.3, -0.25) is 4.55 Å². The summed E-state index contributed by atoms with van der Waals surface area (Å²) in [4.78, 5) is 16.6. The normalized spacial score (nSPS) is 11.7. The molecule has 8 nitrogen and oxygen atoms in total. The number of thiazole rings is 1. The van der Waals surface area contributed by atoms with Gasteiger partial charge in [0.05, 0.1) is 5.69 Å². The van der Waals surface area contributed by atoms with Gasteiger partial charge in [0.25, 0.3) is 0 Å². The molecule has 2 N–H and O–H groups in total. The summed E-state index contributed by atoms with van der Waals surface area (Å²) < 4.78 is 33.4. The summed E-state index contributed by atoms with van der Waals surface area (Å²) in [6.45, 7) is 0.673. The van der Waals surface area contributed by atoms with Crippen molar-refractivity contribution in [3.05, 3.63) is 40.9 Å². The highest BCUT2D eigenvalue weighted by Crippen LogP contribution is 2.31. The molecule has 2 aromatic rings. The van der Waals surface area contributed by atoms with Crippen LogP contribution in [0.4, 0.5) is 10.8 Å². The zero-order chi connectivity index (χ0) is 17.2. The molecule has 0 unspecified atom stereocenters. The summed E-state index contributed by atoms with van der Waals surface area (Å²) in [7, 11) is -0.833. The van der Waals surface area contributed by atoms with Gasteiger partial charge >= 0.3 is 16.3 Å². The highest BCUT2D eigenvalue weighted by Gasteiger charge is 2.26. The second-order valence-electron chi connectivity index (χ2n) is 4.97. The largest absolute Gasteiger partial charge is 0.476 e. The Labute approximate surface area is 137 Å². The predicted octanol–water partition coefficient (Wildman–Crippen LogP) is 1.84. The van der Waals surface area contributed by atoms with Crippen molar-refractivity contribution >= 4 is 38.4 Å². The van der Waals surface area contributed by atoms with Crippen LogP contribution >= 0.6 is 11.3 Å². The number of hydrogen-bond donors (Lipinski definition) is 2. The summed E-state index contributed by atoms with van der Waals surface area (Å²) in [5, 5.41) is 9.94. The van der Waals surface area contributed by atoms with Crippen molar-refractivity contribution in [1.29, 1.82) is 0 Å². The molecule has 0 aliphatic carbocycles. The molecule has 0 aliphatic rings. The molecule has 0 spiro atoms. The van der Waals surface area contributed by atoms with E-state index in [4.69, 9.17) is 5.11 Å². The molecular formula is C13H15N3O5S2. The summed E-state index contributed by atoms with van der Waals surface area (Å²) in [6, 6.07) is 6.49. The summed E-state index contributed by atoms with van der Waals surface area (Å²) in [5.74, 6) is -1.27. The molecule has 0 radical (unpaired) electrons. The van der Waals surface area contributed by atoms with Gasteiger partial charge in [-0.25, -0.2) is 9.78 Å². The van der Waals surface area contributed by atoms with Gasteiger partial charge < -0.3 is 10.0 Å². The van der Waals surface area contributed by atoms with Gasteiger partial charge in [-0.2, -0.15) is 12.7 Å². The first-order valence-corrected chi connectivity index (χ1v) is 8.66. The number of carboxylic acid groups (broad SMARTS) is 1. The average Bonchev–Trinajstić information content (AvgIpc) is 2.88. The number of anilines is 2. The molecule has 1 aromatic carbocycles. The van der Waals surface area contributed by atoms with Crippen LogP contribution in [-0.4, -0.2) is 48.0 Å². The van der Waals surface area contributed by atoms with E-state index >= 15 is 0 Å². The molecule has 0 saturated carbocycles. The zero-order valence-corrected chi connectivity index (χ0v) is 14.0. The van der Waals surface area contributed by atoms with E-state index in [1.807, 2.05) is 19.0 Å². The smallest absolute Gasteiger partial charge is 0.366 e. The SMILES string of the molecule is CN(C)Cc1ccc(N(c2nc(C(=O)O)cs2)S(=O)(=O)O)cc1. The van der Waals surface area contributed by atoms with E-state index < -0.39 is 16.3 Å². The molecular weight excluding hydrogens is 342 g/mol.